The van der Waals surface area contributed by atoms with Crippen molar-refractivity contribution < 1.29 is 9.47 Å². The Morgan fingerprint density at radius 1 is 0.889 bits per heavy atom. The molecule has 2 unspecified atom stereocenters. The molecule has 3 nitrogen and oxygen atoms in total. The number of nitriles is 1. The van der Waals surface area contributed by atoms with Gasteiger partial charge in [0, 0.05) is 5.56 Å². The highest BCUT2D eigenvalue weighted by atomic mass is 16.5. The third kappa shape index (κ3) is 9.18. The fourth-order valence-corrected chi connectivity index (χ4v) is 3.23. The van der Waals surface area contributed by atoms with Gasteiger partial charge in [-0.15, -0.1) is 0 Å². The molecule has 0 spiro atoms. The van der Waals surface area contributed by atoms with Crippen molar-refractivity contribution in [1.82, 2.24) is 0 Å². The van der Waals surface area contributed by atoms with Gasteiger partial charge in [0.05, 0.1) is 25.7 Å². The molecule has 1 rings (SSSR count). The second-order valence-electron chi connectivity index (χ2n) is 7.56. The van der Waals surface area contributed by atoms with Gasteiger partial charge in [0.25, 0.3) is 0 Å². The molecule has 1 aromatic rings. The van der Waals surface area contributed by atoms with Gasteiger partial charge < -0.3 is 9.47 Å². The zero-order chi connectivity index (χ0) is 19.9. The molecule has 0 saturated heterocycles. The molecule has 0 fully saturated rings. The molecule has 0 aliphatic heterocycles. The Morgan fingerprint density at radius 2 is 1.48 bits per heavy atom. The van der Waals surface area contributed by atoms with Gasteiger partial charge in [0.2, 0.25) is 0 Å². The van der Waals surface area contributed by atoms with Crippen LogP contribution in [0.2, 0.25) is 0 Å². The number of hydrogen-bond donors (Lipinski definition) is 0. The molecule has 27 heavy (non-hydrogen) atoms. The first-order chi connectivity index (χ1) is 13.2. The molecule has 0 N–H and O–H groups in total. The molecule has 152 valence electrons. The van der Waals surface area contributed by atoms with Crippen LogP contribution >= 0.6 is 0 Å². The van der Waals surface area contributed by atoms with Gasteiger partial charge in [0.15, 0.2) is 0 Å². The average Bonchev–Trinajstić information content (AvgIpc) is 2.69. The zero-order valence-corrected chi connectivity index (χ0v) is 17.9. The standard InChI is InChI=1S/C24H39NO2/c1-5-9-11-20(7-3)18-26-23-13-14-24(22(17-23)15-16-25)27-19-21(8-4)12-10-6-2/h13-14,17,20-21H,5-12,15,18-19H2,1-4H3. The van der Waals surface area contributed by atoms with Crippen LogP contribution in [-0.4, -0.2) is 13.2 Å². The van der Waals surface area contributed by atoms with E-state index in [1.807, 2.05) is 18.2 Å². The van der Waals surface area contributed by atoms with Crippen molar-refractivity contribution in [1.29, 1.82) is 5.26 Å². The van der Waals surface area contributed by atoms with Crippen LogP contribution in [0.1, 0.15) is 84.6 Å². The zero-order valence-electron chi connectivity index (χ0n) is 17.9. The summed E-state index contributed by atoms with van der Waals surface area (Å²) in [7, 11) is 0. The fourth-order valence-electron chi connectivity index (χ4n) is 3.23. The maximum atomic E-state index is 9.18. The number of rotatable bonds is 15. The van der Waals surface area contributed by atoms with Crippen LogP contribution in [0, 0.1) is 23.2 Å². The molecular weight excluding hydrogens is 334 g/mol. The van der Waals surface area contributed by atoms with E-state index in [1.54, 1.807) is 0 Å². The van der Waals surface area contributed by atoms with Crippen molar-refractivity contribution in [3.05, 3.63) is 23.8 Å². The second kappa shape index (κ2) is 14.4. The van der Waals surface area contributed by atoms with Crippen molar-refractivity contribution in [3.8, 4) is 17.6 Å². The number of ether oxygens (including phenoxy) is 2. The summed E-state index contributed by atoms with van der Waals surface area (Å²) in [5.41, 5.74) is 0.932. The van der Waals surface area contributed by atoms with E-state index in [0.29, 0.717) is 18.3 Å². The van der Waals surface area contributed by atoms with Crippen molar-refractivity contribution in [3.63, 3.8) is 0 Å². The molecule has 1 aromatic carbocycles. The summed E-state index contributed by atoms with van der Waals surface area (Å²) in [6, 6.07) is 8.20. The molecule has 0 radical (unpaired) electrons. The van der Waals surface area contributed by atoms with Crippen molar-refractivity contribution in [2.75, 3.05) is 13.2 Å². The van der Waals surface area contributed by atoms with Gasteiger partial charge in [-0.25, -0.2) is 0 Å². The Hall–Kier alpha value is -1.69. The van der Waals surface area contributed by atoms with E-state index in [-0.39, 0.29) is 0 Å². The lowest BCUT2D eigenvalue weighted by molar-refractivity contribution is 0.226. The predicted molar refractivity (Wildman–Crippen MR) is 113 cm³/mol. The molecule has 2 atom stereocenters. The van der Waals surface area contributed by atoms with E-state index in [1.165, 1.54) is 38.5 Å². The Labute approximate surface area is 167 Å². The first kappa shape index (κ1) is 23.3. The highest BCUT2D eigenvalue weighted by molar-refractivity contribution is 5.41. The van der Waals surface area contributed by atoms with Crippen LogP contribution in [0.5, 0.6) is 11.5 Å². The summed E-state index contributed by atoms with van der Waals surface area (Å²) in [4.78, 5) is 0. The first-order valence-corrected chi connectivity index (χ1v) is 10.9. The molecule has 0 heterocycles. The minimum absolute atomic E-state index is 0.353. The molecule has 0 amide bonds. The number of hydrogen-bond acceptors (Lipinski definition) is 3. The SMILES string of the molecule is CCCCC(CC)COc1ccc(OCC(CC)CCCC)c(CC#N)c1. The molecule has 0 aliphatic rings. The van der Waals surface area contributed by atoms with Crippen molar-refractivity contribution >= 4 is 0 Å². The van der Waals surface area contributed by atoms with Crippen LogP contribution in [-0.2, 0) is 6.42 Å². The van der Waals surface area contributed by atoms with Crippen molar-refractivity contribution in [2.45, 2.75) is 85.5 Å². The summed E-state index contributed by atoms with van der Waals surface area (Å²) in [5.74, 6) is 2.86. The Balaban J connectivity index is 2.69. The summed E-state index contributed by atoms with van der Waals surface area (Å²) < 4.78 is 12.1. The van der Waals surface area contributed by atoms with Crippen LogP contribution in [0.15, 0.2) is 18.2 Å². The minimum Gasteiger partial charge on any atom is -0.493 e. The Kier molecular flexibility index (Phi) is 12.4. The summed E-state index contributed by atoms with van der Waals surface area (Å²) >= 11 is 0. The lowest BCUT2D eigenvalue weighted by Gasteiger charge is -2.19. The summed E-state index contributed by atoms with van der Waals surface area (Å²) in [6.45, 7) is 10.4. The van der Waals surface area contributed by atoms with Crippen LogP contribution in [0.25, 0.3) is 0 Å². The van der Waals surface area contributed by atoms with Crippen LogP contribution in [0.3, 0.4) is 0 Å². The quantitative estimate of drug-likeness (QED) is 0.334. The monoisotopic (exact) mass is 373 g/mol. The third-order valence-corrected chi connectivity index (χ3v) is 5.35. The van der Waals surface area contributed by atoms with Gasteiger partial charge in [-0.1, -0.05) is 66.2 Å². The fraction of sp³-hybridized carbons (Fsp3) is 0.708. The Morgan fingerprint density at radius 3 is 2.00 bits per heavy atom. The van der Waals surface area contributed by atoms with Crippen LogP contribution in [0.4, 0.5) is 0 Å². The van der Waals surface area contributed by atoms with Gasteiger partial charge in [0.1, 0.15) is 11.5 Å². The van der Waals surface area contributed by atoms with E-state index < -0.39 is 0 Å². The highest BCUT2D eigenvalue weighted by Gasteiger charge is 2.12. The molecule has 3 heteroatoms. The number of benzene rings is 1. The van der Waals surface area contributed by atoms with E-state index in [2.05, 4.69) is 33.8 Å². The lowest BCUT2D eigenvalue weighted by Crippen LogP contribution is -2.13. The minimum atomic E-state index is 0.353. The highest BCUT2D eigenvalue weighted by Crippen LogP contribution is 2.27. The van der Waals surface area contributed by atoms with E-state index in [0.717, 1.165) is 43.1 Å². The van der Waals surface area contributed by atoms with E-state index in [4.69, 9.17) is 9.47 Å². The Bertz CT molecular complexity index is 550. The largest absolute Gasteiger partial charge is 0.493 e. The molecule has 0 aliphatic carbocycles. The number of nitrogens with zero attached hydrogens (tertiary/aromatic N) is 1. The summed E-state index contributed by atoms with van der Waals surface area (Å²) in [6.07, 6.45) is 10.00. The maximum absolute atomic E-state index is 9.18. The molecule has 0 aromatic heterocycles. The van der Waals surface area contributed by atoms with Gasteiger partial charge in [-0.2, -0.15) is 5.26 Å². The second-order valence-corrected chi connectivity index (χ2v) is 7.56. The third-order valence-electron chi connectivity index (χ3n) is 5.35. The van der Waals surface area contributed by atoms with E-state index >= 15 is 0 Å². The average molecular weight is 374 g/mol. The van der Waals surface area contributed by atoms with Crippen LogP contribution < -0.4 is 9.47 Å². The van der Waals surface area contributed by atoms with E-state index in [9.17, 15) is 5.26 Å². The lowest BCUT2D eigenvalue weighted by atomic mass is 10.0. The smallest absolute Gasteiger partial charge is 0.123 e. The maximum Gasteiger partial charge on any atom is 0.123 e. The normalized spacial score (nSPS) is 13.0. The van der Waals surface area contributed by atoms with Crippen molar-refractivity contribution in [2.24, 2.45) is 11.8 Å². The van der Waals surface area contributed by atoms with Gasteiger partial charge in [-0.3, -0.25) is 0 Å². The molecular formula is C24H39NO2. The van der Waals surface area contributed by atoms with Gasteiger partial charge >= 0.3 is 0 Å². The predicted octanol–water partition coefficient (Wildman–Crippen LogP) is 6.94. The number of unbranched alkanes of at least 4 members (excludes halogenated alkanes) is 2. The topological polar surface area (TPSA) is 42.2 Å². The molecule has 0 bridgehead atoms. The van der Waals surface area contributed by atoms with Gasteiger partial charge in [-0.05, 0) is 42.9 Å². The molecule has 0 saturated carbocycles. The first-order valence-electron chi connectivity index (χ1n) is 10.9. The summed E-state index contributed by atoms with van der Waals surface area (Å²) in [5, 5.41) is 9.18.